The van der Waals surface area contributed by atoms with Crippen LogP contribution in [0.2, 0.25) is 0 Å². The molecule has 112 valence electrons. The number of nitrogens with zero attached hydrogens (tertiary/aromatic N) is 3. The van der Waals surface area contributed by atoms with Crippen LogP contribution in [0.25, 0.3) is 0 Å². The van der Waals surface area contributed by atoms with E-state index in [9.17, 15) is 13.2 Å². The highest BCUT2D eigenvalue weighted by Crippen LogP contribution is 2.31. The van der Waals surface area contributed by atoms with E-state index >= 15 is 0 Å². The summed E-state index contributed by atoms with van der Waals surface area (Å²) in [6.07, 6.45) is -1.88. The lowest BCUT2D eigenvalue weighted by Crippen LogP contribution is -2.52. The van der Waals surface area contributed by atoms with Crippen LogP contribution < -0.4 is 5.32 Å². The van der Waals surface area contributed by atoms with E-state index in [0.717, 1.165) is 11.3 Å². The van der Waals surface area contributed by atoms with Gasteiger partial charge < -0.3 is 5.32 Å². The number of aromatic nitrogens is 2. The number of piperidine rings is 1. The largest absolute Gasteiger partial charge is 0.404 e. The molecule has 1 fully saturated rings. The maximum atomic E-state index is 12.8. The van der Waals surface area contributed by atoms with Crippen LogP contribution in [0, 0.1) is 13.8 Å². The summed E-state index contributed by atoms with van der Waals surface area (Å²) in [6.45, 7) is 4.14. The van der Waals surface area contributed by atoms with E-state index in [4.69, 9.17) is 0 Å². The number of likely N-dealkylation sites (N-methyl/N-ethyl adjacent to an activating group) is 1. The summed E-state index contributed by atoms with van der Waals surface area (Å²) >= 11 is 0. The van der Waals surface area contributed by atoms with Crippen molar-refractivity contribution >= 4 is 5.95 Å². The molecule has 0 aliphatic carbocycles. The summed E-state index contributed by atoms with van der Waals surface area (Å²) in [5, 5.41) is 3.12. The zero-order valence-electron chi connectivity index (χ0n) is 11.8. The van der Waals surface area contributed by atoms with Gasteiger partial charge in [0, 0.05) is 24.5 Å². The normalized spacial score (nSPS) is 24.7. The molecule has 0 radical (unpaired) electrons. The van der Waals surface area contributed by atoms with Gasteiger partial charge in [-0.3, -0.25) is 4.90 Å². The molecule has 1 aliphatic rings. The number of rotatable bonds is 2. The fourth-order valence-electron chi connectivity index (χ4n) is 2.46. The van der Waals surface area contributed by atoms with Crippen LogP contribution in [0.1, 0.15) is 24.1 Å². The molecular weight excluding hydrogens is 269 g/mol. The van der Waals surface area contributed by atoms with Crippen molar-refractivity contribution in [3.8, 4) is 0 Å². The maximum absolute atomic E-state index is 12.8. The average molecular weight is 288 g/mol. The zero-order chi connectivity index (χ0) is 14.9. The molecule has 0 saturated carbocycles. The van der Waals surface area contributed by atoms with Gasteiger partial charge in [0.15, 0.2) is 0 Å². The van der Waals surface area contributed by atoms with Crippen LogP contribution in [-0.4, -0.2) is 46.7 Å². The molecule has 1 aliphatic heterocycles. The number of aryl methyl sites for hydroxylation is 2. The van der Waals surface area contributed by atoms with Crippen LogP contribution in [0.5, 0.6) is 0 Å². The van der Waals surface area contributed by atoms with Gasteiger partial charge in [-0.25, -0.2) is 9.97 Å². The molecule has 0 bridgehead atoms. The summed E-state index contributed by atoms with van der Waals surface area (Å²) < 4.78 is 38.3. The number of hydrogen-bond donors (Lipinski definition) is 1. The third-order valence-electron chi connectivity index (χ3n) is 3.76. The van der Waals surface area contributed by atoms with Crippen molar-refractivity contribution in [3.05, 3.63) is 17.5 Å². The van der Waals surface area contributed by atoms with Crippen LogP contribution in [0.4, 0.5) is 19.1 Å². The van der Waals surface area contributed by atoms with Gasteiger partial charge in [0.2, 0.25) is 5.95 Å². The fourth-order valence-corrected chi connectivity index (χ4v) is 2.46. The van der Waals surface area contributed by atoms with E-state index < -0.39 is 12.2 Å². The fraction of sp³-hybridized carbons (Fsp3) is 0.692. The van der Waals surface area contributed by atoms with E-state index in [1.807, 2.05) is 13.8 Å². The third-order valence-corrected chi connectivity index (χ3v) is 3.76. The first kappa shape index (κ1) is 15.0. The zero-order valence-corrected chi connectivity index (χ0v) is 11.8. The standard InChI is InChI=1S/C13H19F3N4/c1-8-6-17-12(18-9(8)2)19-10-4-5-11(13(14,15)16)20(3)7-10/h6,10-11H,4-5,7H2,1-3H3,(H,17,18,19). The Labute approximate surface area is 116 Å². The van der Waals surface area contributed by atoms with Crippen molar-refractivity contribution in [2.24, 2.45) is 0 Å². The molecule has 7 heteroatoms. The molecule has 2 rings (SSSR count). The first-order valence-electron chi connectivity index (χ1n) is 6.61. The molecule has 1 saturated heterocycles. The molecule has 20 heavy (non-hydrogen) atoms. The van der Waals surface area contributed by atoms with E-state index in [2.05, 4.69) is 15.3 Å². The number of nitrogens with one attached hydrogen (secondary N) is 1. The molecule has 2 unspecified atom stereocenters. The summed E-state index contributed by atoms with van der Waals surface area (Å²) in [7, 11) is 1.51. The van der Waals surface area contributed by atoms with Crippen molar-refractivity contribution < 1.29 is 13.2 Å². The van der Waals surface area contributed by atoms with Gasteiger partial charge in [0.05, 0.1) is 0 Å². The Hall–Kier alpha value is -1.37. The summed E-state index contributed by atoms with van der Waals surface area (Å²) in [5.74, 6) is 0.483. The van der Waals surface area contributed by atoms with Gasteiger partial charge in [-0.05, 0) is 39.3 Å². The smallest absolute Gasteiger partial charge is 0.350 e. The van der Waals surface area contributed by atoms with Gasteiger partial charge in [0.1, 0.15) is 6.04 Å². The Morgan fingerprint density at radius 3 is 2.55 bits per heavy atom. The first-order chi connectivity index (χ1) is 9.27. The van der Waals surface area contributed by atoms with Gasteiger partial charge in [-0.15, -0.1) is 0 Å². The molecular formula is C13H19F3N4. The molecule has 4 nitrogen and oxygen atoms in total. The van der Waals surface area contributed by atoms with Gasteiger partial charge >= 0.3 is 6.18 Å². The quantitative estimate of drug-likeness (QED) is 0.908. The SMILES string of the molecule is Cc1cnc(NC2CCC(C(F)(F)F)N(C)C2)nc1C. The Bertz CT molecular complexity index is 475. The highest BCUT2D eigenvalue weighted by atomic mass is 19.4. The van der Waals surface area contributed by atoms with Crippen molar-refractivity contribution in [3.63, 3.8) is 0 Å². The van der Waals surface area contributed by atoms with Gasteiger partial charge in [-0.2, -0.15) is 13.2 Å². The number of likely N-dealkylation sites (tertiary alicyclic amines) is 1. The highest BCUT2D eigenvalue weighted by Gasteiger charge is 2.44. The lowest BCUT2D eigenvalue weighted by Gasteiger charge is -2.38. The molecule has 2 heterocycles. The van der Waals surface area contributed by atoms with Crippen molar-refractivity contribution in [1.82, 2.24) is 14.9 Å². The second-order valence-corrected chi connectivity index (χ2v) is 5.38. The molecule has 0 spiro atoms. The summed E-state index contributed by atoms with van der Waals surface area (Å²) in [5.41, 5.74) is 1.87. The molecule has 0 aromatic carbocycles. The molecule has 0 amide bonds. The first-order valence-corrected chi connectivity index (χ1v) is 6.61. The van der Waals surface area contributed by atoms with Crippen LogP contribution in [0.3, 0.4) is 0 Å². The third kappa shape index (κ3) is 3.39. The lowest BCUT2D eigenvalue weighted by molar-refractivity contribution is -0.187. The molecule has 1 aromatic rings. The van der Waals surface area contributed by atoms with Crippen LogP contribution in [0.15, 0.2) is 6.20 Å². The molecule has 2 atom stereocenters. The number of alkyl halides is 3. The van der Waals surface area contributed by atoms with Crippen molar-refractivity contribution in [2.75, 3.05) is 18.9 Å². The number of halogens is 3. The van der Waals surface area contributed by atoms with Gasteiger partial charge in [-0.1, -0.05) is 0 Å². The average Bonchev–Trinajstić information content (AvgIpc) is 2.32. The van der Waals surface area contributed by atoms with Crippen molar-refractivity contribution in [2.45, 2.75) is 44.9 Å². The Kier molecular flexibility index (Phi) is 4.17. The Morgan fingerprint density at radius 2 is 2.00 bits per heavy atom. The summed E-state index contributed by atoms with van der Waals surface area (Å²) in [6, 6.07) is -1.40. The predicted octanol–water partition coefficient (Wildman–Crippen LogP) is 2.53. The second-order valence-electron chi connectivity index (χ2n) is 5.38. The van der Waals surface area contributed by atoms with Crippen LogP contribution >= 0.6 is 0 Å². The van der Waals surface area contributed by atoms with E-state index in [1.165, 1.54) is 11.9 Å². The summed E-state index contributed by atoms with van der Waals surface area (Å²) in [4.78, 5) is 9.81. The van der Waals surface area contributed by atoms with E-state index in [-0.39, 0.29) is 12.5 Å². The van der Waals surface area contributed by atoms with E-state index in [1.54, 1.807) is 6.20 Å². The lowest BCUT2D eigenvalue weighted by atomic mass is 9.98. The maximum Gasteiger partial charge on any atom is 0.404 e. The minimum absolute atomic E-state index is 0.0549. The number of anilines is 1. The minimum Gasteiger partial charge on any atom is -0.350 e. The van der Waals surface area contributed by atoms with Gasteiger partial charge in [0.25, 0.3) is 0 Å². The minimum atomic E-state index is -4.16. The number of hydrogen-bond acceptors (Lipinski definition) is 4. The Morgan fingerprint density at radius 1 is 1.30 bits per heavy atom. The van der Waals surface area contributed by atoms with E-state index in [0.29, 0.717) is 18.9 Å². The Balaban J connectivity index is 1.98. The van der Waals surface area contributed by atoms with Crippen LogP contribution in [-0.2, 0) is 0 Å². The topological polar surface area (TPSA) is 41.1 Å². The van der Waals surface area contributed by atoms with Crippen molar-refractivity contribution in [1.29, 1.82) is 0 Å². The highest BCUT2D eigenvalue weighted by molar-refractivity contribution is 5.30. The second kappa shape index (κ2) is 5.55. The molecule has 1 N–H and O–H groups in total. The monoisotopic (exact) mass is 288 g/mol. The molecule has 1 aromatic heterocycles. The predicted molar refractivity (Wildman–Crippen MR) is 70.6 cm³/mol.